The number of nitrogens with one attached hydrogen (secondary N) is 2. The second-order valence-electron chi connectivity index (χ2n) is 6.36. The van der Waals surface area contributed by atoms with Crippen molar-refractivity contribution in [2.45, 2.75) is 37.0 Å². The van der Waals surface area contributed by atoms with E-state index in [1.807, 2.05) is 0 Å². The molecule has 1 amide bonds. The van der Waals surface area contributed by atoms with Crippen LogP contribution in [0.2, 0.25) is 0 Å². The zero-order valence-electron chi connectivity index (χ0n) is 15.7. The molecule has 1 aliphatic carbocycles. The van der Waals surface area contributed by atoms with Crippen LogP contribution in [0, 0.1) is 0 Å². The highest BCUT2D eigenvalue weighted by atomic mass is 32.2. The smallest absolute Gasteiger partial charge is 0.257 e. The van der Waals surface area contributed by atoms with Crippen molar-refractivity contribution in [2.24, 2.45) is 0 Å². The normalized spacial score (nSPS) is 14.5. The van der Waals surface area contributed by atoms with Gasteiger partial charge < -0.3 is 14.8 Å². The number of carbonyl (C=O) groups excluding carboxylic acids is 1. The first-order valence-corrected chi connectivity index (χ1v) is 10.7. The van der Waals surface area contributed by atoms with E-state index in [4.69, 9.17) is 9.47 Å². The Bertz CT molecular complexity index is 729. The fraction of sp³-hybridized carbons (Fsp3) is 0.526. The third-order valence-corrected chi connectivity index (χ3v) is 5.73. The first-order chi connectivity index (χ1) is 13.0. The average molecular weight is 397 g/mol. The lowest BCUT2D eigenvalue weighted by Gasteiger charge is -2.13. The standard InChI is InChI=1S/C19H28N2O5S/c1-25-14-13-21-27(23,24)18-9-7-17(8-10-18)26-15-19(22)20-12-11-16-5-3-2-4-6-16/h5,7-10,21H,2-4,6,11-15H2,1H3,(H,20,22). The Morgan fingerprint density at radius 1 is 1.15 bits per heavy atom. The van der Waals surface area contributed by atoms with Gasteiger partial charge in [-0.15, -0.1) is 0 Å². The van der Waals surface area contributed by atoms with Crippen molar-refractivity contribution in [3.05, 3.63) is 35.9 Å². The summed E-state index contributed by atoms with van der Waals surface area (Å²) in [7, 11) is -2.07. The molecule has 0 saturated carbocycles. The third-order valence-electron chi connectivity index (χ3n) is 4.26. The van der Waals surface area contributed by atoms with Crippen molar-refractivity contribution >= 4 is 15.9 Å². The van der Waals surface area contributed by atoms with Gasteiger partial charge in [-0.3, -0.25) is 4.79 Å². The minimum Gasteiger partial charge on any atom is -0.484 e. The quantitative estimate of drug-likeness (QED) is 0.441. The lowest BCUT2D eigenvalue weighted by Crippen LogP contribution is -2.30. The van der Waals surface area contributed by atoms with Gasteiger partial charge in [0.1, 0.15) is 5.75 Å². The molecule has 150 valence electrons. The van der Waals surface area contributed by atoms with Crippen molar-refractivity contribution in [1.29, 1.82) is 0 Å². The number of sulfonamides is 1. The molecule has 0 fully saturated rings. The van der Waals surface area contributed by atoms with Crippen LogP contribution < -0.4 is 14.8 Å². The molecule has 0 bridgehead atoms. The number of methoxy groups -OCH3 is 1. The van der Waals surface area contributed by atoms with E-state index in [-0.39, 0.29) is 24.0 Å². The molecule has 2 N–H and O–H groups in total. The Labute approximate surface area is 161 Å². The maximum atomic E-state index is 12.1. The predicted molar refractivity (Wildman–Crippen MR) is 103 cm³/mol. The highest BCUT2D eigenvalue weighted by Crippen LogP contribution is 2.19. The Kier molecular flexibility index (Phi) is 8.77. The zero-order valence-corrected chi connectivity index (χ0v) is 16.5. The molecule has 1 aliphatic rings. The van der Waals surface area contributed by atoms with Crippen LogP contribution in [0.15, 0.2) is 40.8 Å². The van der Waals surface area contributed by atoms with Gasteiger partial charge in [0.15, 0.2) is 6.61 Å². The molecule has 0 atom stereocenters. The van der Waals surface area contributed by atoms with Gasteiger partial charge in [-0.25, -0.2) is 13.1 Å². The summed E-state index contributed by atoms with van der Waals surface area (Å²) in [5.74, 6) is 0.250. The molecule has 0 aromatic heterocycles. The maximum Gasteiger partial charge on any atom is 0.257 e. The van der Waals surface area contributed by atoms with Gasteiger partial charge in [0.2, 0.25) is 10.0 Å². The van der Waals surface area contributed by atoms with Gasteiger partial charge in [-0.1, -0.05) is 11.6 Å². The van der Waals surface area contributed by atoms with E-state index in [9.17, 15) is 13.2 Å². The van der Waals surface area contributed by atoms with E-state index in [1.54, 1.807) is 0 Å². The first kappa shape index (κ1) is 21.4. The highest BCUT2D eigenvalue weighted by molar-refractivity contribution is 7.89. The third kappa shape index (κ3) is 7.70. The van der Waals surface area contributed by atoms with Crippen LogP contribution in [0.4, 0.5) is 0 Å². The SMILES string of the molecule is COCCNS(=O)(=O)c1ccc(OCC(=O)NCCC2=CCCCC2)cc1. The lowest BCUT2D eigenvalue weighted by atomic mass is 9.97. The van der Waals surface area contributed by atoms with Crippen molar-refractivity contribution < 1.29 is 22.7 Å². The van der Waals surface area contributed by atoms with Gasteiger partial charge in [0, 0.05) is 20.2 Å². The van der Waals surface area contributed by atoms with Gasteiger partial charge in [0.05, 0.1) is 11.5 Å². The first-order valence-electron chi connectivity index (χ1n) is 9.17. The van der Waals surface area contributed by atoms with E-state index in [0.717, 1.165) is 19.3 Å². The van der Waals surface area contributed by atoms with E-state index in [1.165, 1.54) is 49.8 Å². The van der Waals surface area contributed by atoms with Crippen molar-refractivity contribution in [3.63, 3.8) is 0 Å². The molecule has 0 spiro atoms. The Morgan fingerprint density at radius 2 is 1.93 bits per heavy atom. The summed E-state index contributed by atoms with van der Waals surface area (Å²) < 4.78 is 36.8. The van der Waals surface area contributed by atoms with E-state index < -0.39 is 10.0 Å². The molecule has 0 heterocycles. The molecule has 0 aliphatic heterocycles. The Hall–Kier alpha value is -1.90. The van der Waals surface area contributed by atoms with Crippen LogP contribution >= 0.6 is 0 Å². The monoisotopic (exact) mass is 396 g/mol. The van der Waals surface area contributed by atoms with Gasteiger partial charge in [-0.05, 0) is 56.4 Å². The fourth-order valence-corrected chi connectivity index (χ4v) is 3.78. The number of hydrogen-bond donors (Lipinski definition) is 2. The summed E-state index contributed by atoms with van der Waals surface area (Å²) in [6.07, 6.45) is 7.91. The van der Waals surface area contributed by atoms with Crippen LogP contribution in [0.1, 0.15) is 32.1 Å². The molecular formula is C19H28N2O5S. The number of ether oxygens (including phenoxy) is 2. The summed E-state index contributed by atoms with van der Waals surface area (Å²) >= 11 is 0. The van der Waals surface area contributed by atoms with Crippen LogP contribution in [-0.4, -0.2) is 47.7 Å². The van der Waals surface area contributed by atoms with Gasteiger partial charge >= 0.3 is 0 Å². The van der Waals surface area contributed by atoms with Crippen LogP contribution in [0.5, 0.6) is 5.75 Å². The molecule has 0 unspecified atom stereocenters. The second kappa shape index (κ2) is 11.1. The largest absolute Gasteiger partial charge is 0.484 e. The highest BCUT2D eigenvalue weighted by Gasteiger charge is 2.13. The molecular weight excluding hydrogens is 368 g/mol. The Balaban J connectivity index is 1.72. The summed E-state index contributed by atoms with van der Waals surface area (Å²) in [6, 6.07) is 5.95. The van der Waals surface area contributed by atoms with E-state index >= 15 is 0 Å². The number of benzene rings is 1. The topological polar surface area (TPSA) is 93.7 Å². The second-order valence-corrected chi connectivity index (χ2v) is 8.13. The van der Waals surface area contributed by atoms with E-state index in [2.05, 4.69) is 16.1 Å². The van der Waals surface area contributed by atoms with Crippen molar-refractivity contribution in [1.82, 2.24) is 10.0 Å². The summed E-state index contributed by atoms with van der Waals surface area (Å²) in [6.45, 7) is 1.01. The molecule has 8 heteroatoms. The molecule has 27 heavy (non-hydrogen) atoms. The fourth-order valence-electron chi connectivity index (χ4n) is 2.77. The summed E-state index contributed by atoms with van der Waals surface area (Å²) in [4.78, 5) is 12.0. The molecule has 0 saturated heterocycles. The number of hydrogen-bond acceptors (Lipinski definition) is 5. The molecule has 0 radical (unpaired) electrons. The van der Waals surface area contributed by atoms with Gasteiger partial charge in [0.25, 0.3) is 5.91 Å². The number of amides is 1. The average Bonchev–Trinajstić information content (AvgIpc) is 2.68. The van der Waals surface area contributed by atoms with E-state index in [0.29, 0.717) is 18.9 Å². The zero-order chi connectivity index (χ0) is 19.5. The minimum atomic E-state index is -3.57. The molecule has 1 aromatic carbocycles. The molecule has 7 nitrogen and oxygen atoms in total. The number of carbonyl (C=O) groups is 1. The van der Waals surface area contributed by atoms with Crippen molar-refractivity contribution in [2.75, 3.05) is 33.4 Å². The van der Waals surface area contributed by atoms with Crippen LogP contribution in [-0.2, 0) is 19.6 Å². The predicted octanol–water partition coefficient (Wildman–Crippen LogP) is 2.00. The summed E-state index contributed by atoms with van der Waals surface area (Å²) in [5.41, 5.74) is 1.42. The summed E-state index contributed by atoms with van der Waals surface area (Å²) in [5, 5.41) is 2.84. The maximum absolute atomic E-state index is 12.1. The molecule has 2 rings (SSSR count). The molecule has 1 aromatic rings. The number of rotatable bonds is 11. The lowest BCUT2D eigenvalue weighted by molar-refractivity contribution is -0.123. The number of allylic oxidation sites excluding steroid dienone is 1. The van der Waals surface area contributed by atoms with Gasteiger partial charge in [-0.2, -0.15) is 0 Å². The Morgan fingerprint density at radius 3 is 2.59 bits per heavy atom. The minimum absolute atomic E-state index is 0.1000. The van der Waals surface area contributed by atoms with Crippen molar-refractivity contribution in [3.8, 4) is 5.75 Å². The van der Waals surface area contributed by atoms with Crippen LogP contribution in [0.25, 0.3) is 0 Å². The van der Waals surface area contributed by atoms with Crippen LogP contribution in [0.3, 0.4) is 0 Å².